The molecule has 1 unspecified atom stereocenters. The molecule has 1 atom stereocenters. The fourth-order valence-electron chi connectivity index (χ4n) is 3.89. The smallest absolute Gasteiger partial charge is 0.270 e. The van der Waals surface area contributed by atoms with Crippen molar-refractivity contribution in [2.45, 2.75) is 18.9 Å². The van der Waals surface area contributed by atoms with Crippen LogP contribution in [0.2, 0.25) is 0 Å². The van der Waals surface area contributed by atoms with E-state index in [1.54, 1.807) is 18.3 Å². The lowest BCUT2D eigenvalue weighted by Gasteiger charge is -2.34. The first-order valence-electron chi connectivity index (χ1n) is 9.37. The molecule has 0 aliphatic carbocycles. The molecule has 9 heteroatoms. The van der Waals surface area contributed by atoms with E-state index in [1.165, 1.54) is 12.1 Å². The van der Waals surface area contributed by atoms with Gasteiger partial charge in [-0.3, -0.25) is 10.1 Å². The van der Waals surface area contributed by atoms with Crippen LogP contribution in [-0.2, 0) is 7.05 Å². The Morgan fingerprint density at radius 3 is 2.72 bits per heavy atom. The number of aromatic nitrogens is 3. The molecule has 29 heavy (non-hydrogen) atoms. The third-order valence-electron chi connectivity index (χ3n) is 5.54. The van der Waals surface area contributed by atoms with E-state index in [2.05, 4.69) is 20.9 Å². The first-order chi connectivity index (χ1) is 14.0. The summed E-state index contributed by atoms with van der Waals surface area (Å²) in [4.78, 5) is 21.5. The number of aliphatic hydroxyl groups excluding tert-OH is 1. The summed E-state index contributed by atoms with van der Waals surface area (Å²) in [5.74, 6) is 1.44. The van der Waals surface area contributed by atoms with Gasteiger partial charge in [0.05, 0.1) is 22.1 Å². The van der Waals surface area contributed by atoms with Crippen LogP contribution in [0.25, 0.3) is 10.9 Å². The van der Waals surface area contributed by atoms with Gasteiger partial charge in [0.15, 0.2) is 0 Å². The number of nitro groups is 1. The predicted molar refractivity (Wildman–Crippen MR) is 106 cm³/mol. The minimum Gasteiger partial charge on any atom is -0.385 e. The summed E-state index contributed by atoms with van der Waals surface area (Å²) in [6.45, 7) is 1.39. The van der Waals surface area contributed by atoms with E-state index in [4.69, 9.17) is 0 Å². The Hall–Kier alpha value is -3.51. The molecular formula is C20H20N6O3. The molecule has 0 radical (unpaired) electrons. The van der Waals surface area contributed by atoms with Gasteiger partial charge >= 0.3 is 0 Å². The summed E-state index contributed by atoms with van der Waals surface area (Å²) >= 11 is 0. The first kappa shape index (κ1) is 18.8. The number of piperidine rings is 1. The van der Waals surface area contributed by atoms with E-state index in [-0.39, 0.29) is 11.6 Å². The van der Waals surface area contributed by atoms with Crippen molar-refractivity contribution in [3.8, 4) is 6.07 Å². The maximum atomic E-state index is 11.0. The number of fused-ring (bicyclic) bond motifs is 1. The van der Waals surface area contributed by atoms with E-state index >= 15 is 0 Å². The lowest BCUT2D eigenvalue weighted by molar-refractivity contribution is -0.384. The highest BCUT2D eigenvalue weighted by atomic mass is 16.6. The maximum Gasteiger partial charge on any atom is 0.270 e. The molecule has 2 aromatic heterocycles. The Morgan fingerprint density at radius 1 is 1.34 bits per heavy atom. The highest BCUT2D eigenvalue weighted by Gasteiger charge is 2.29. The van der Waals surface area contributed by atoms with Crippen molar-refractivity contribution in [1.29, 1.82) is 5.26 Å². The molecule has 1 aromatic carbocycles. The molecule has 1 fully saturated rings. The van der Waals surface area contributed by atoms with Gasteiger partial charge in [0, 0.05) is 50.0 Å². The number of rotatable bonds is 4. The average molecular weight is 392 g/mol. The van der Waals surface area contributed by atoms with E-state index in [1.807, 2.05) is 17.8 Å². The van der Waals surface area contributed by atoms with Gasteiger partial charge in [0.1, 0.15) is 17.7 Å². The topological polar surface area (TPSA) is 121 Å². The normalized spacial score (nSPS) is 16.0. The van der Waals surface area contributed by atoms with Crippen LogP contribution in [0.1, 0.15) is 30.3 Å². The van der Waals surface area contributed by atoms with Crippen molar-refractivity contribution in [2.75, 3.05) is 18.0 Å². The molecule has 3 aromatic rings. The molecule has 3 heterocycles. The molecule has 1 N–H and O–H groups in total. The van der Waals surface area contributed by atoms with E-state index in [0.29, 0.717) is 41.2 Å². The van der Waals surface area contributed by atoms with E-state index in [0.717, 1.165) is 12.8 Å². The zero-order chi connectivity index (χ0) is 20.5. The van der Waals surface area contributed by atoms with Gasteiger partial charge in [0.25, 0.3) is 5.69 Å². The van der Waals surface area contributed by atoms with Crippen LogP contribution in [0.5, 0.6) is 0 Å². The summed E-state index contributed by atoms with van der Waals surface area (Å²) in [5.41, 5.74) is 0.858. The fraction of sp³-hybridized carbons (Fsp3) is 0.350. The minimum atomic E-state index is -0.614. The lowest BCUT2D eigenvalue weighted by atomic mass is 9.90. The quantitative estimate of drug-likeness (QED) is 0.535. The van der Waals surface area contributed by atoms with Crippen LogP contribution in [-0.4, -0.2) is 37.7 Å². The molecule has 1 saturated heterocycles. The number of aliphatic hydroxyl groups is 1. The number of hydrogen-bond acceptors (Lipinski definition) is 7. The van der Waals surface area contributed by atoms with Gasteiger partial charge in [-0.15, -0.1) is 0 Å². The van der Waals surface area contributed by atoms with Crippen molar-refractivity contribution in [1.82, 2.24) is 14.5 Å². The maximum absolute atomic E-state index is 11.0. The largest absolute Gasteiger partial charge is 0.385 e. The second-order valence-electron chi connectivity index (χ2n) is 7.26. The lowest BCUT2D eigenvalue weighted by Crippen LogP contribution is -2.36. The van der Waals surface area contributed by atoms with Crippen LogP contribution in [0.15, 0.2) is 36.7 Å². The number of imidazole rings is 1. The van der Waals surface area contributed by atoms with E-state index < -0.39 is 11.0 Å². The summed E-state index contributed by atoms with van der Waals surface area (Å²) in [6.07, 6.45) is 4.43. The zero-order valence-electron chi connectivity index (χ0n) is 15.9. The van der Waals surface area contributed by atoms with Crippen molar-refractivity contribution >= 4 is 22.4 Å². The molecule has 0 bridgehead atoms. The van der Waals surface area contributed by atoms with Crippen LogP contribution >= 0.6 is 0 Å². The molecule has 1 aliphatic heterocycles. The Morgan fingerprint density at radius 2 is 2.10 bits per heavy atom. The van der Waals surface area contributed by atoms with E-state index in [9.17, 15) is 20.5 Å². The van der Waals surface area contributed by atoms with Gasteiger partial charge in [-0.25, -0.2) is 9.97 Å². The van der Waals surface area contributed by atoms with Crippen LogP contribution in [0.4, 0.5) is 11.5 Å². The van der Waals surface area contributed by atoms with Gasteiger partial charge in [-0.2, -0.15) is 5.26 Å². The average Bonchev–Trinajstić information content (AvgIpc) is 3.17. The van der Waals surface area contributed by atoms with Gasteiger partial charge < -0.3 is 14.6 Å². The molecule has 0 amide bonds. The standard InChI is InChI=1S/C20H20N6O3/c1-24-9-6-22-20(24)19(27)13-4-7-25(8-5-13)18-10-14(12-21)16-11-15(26(28)29)2-3-17(16)23-18/h2-3,6,9-11,13,19,27H,4-5,7-8H2,1H3. The number of benzene rings is 1. The molecule has 9 nitrogen and oxygen atoms in total. The predicted octanol–water partition coefficient (Wildman–Crippen LogP) is 2.70. The molecule has 4 rings (SSSR count). The van der Waals surface area contributed by atoms with Crippen LogP contribution in [0.3, 0.4) is 0 Å². The van der Waals surface area contributed by atoms with Crippen LogP contribution < -0.4 is 4.90 Å². The third-order valence-corrected chi connectivity index (χ3v) is 5.54. The number of non-ortho nitro benzene ring substituents is 1. The first-order valence-corrected chi connectivity index (χ1v) is 9.37. The summed E-state index contributed by atoms with van der Waals surface area (Å²) in [7, 11) is 1.87. The number of nitro benzene ring substituents is 1. The van der Waals surface area contributed by atoms with Crippen molar-refractivity contribution in [2.24, 2.45) is 13.0 Å². The van der Waals surface area contributed by atoms with Gasteiger partial charge in [-0.05, 0) is 30.9 Å². The summed E-state index contributed by atoms with van der Waals surface area (Å²) < 4.78 is 1.83. The molecule has 148 valence electrons. The SMILES string of the molecule is Cn1ccnc1C(O)C1CCN(c2cc(C#N)c3cc([N+](=O)[O-])ccc3n2)CC1. The second kappa shape index (κ2) is 7.48. The van der Waals surface area contributed by atoms with Crippen molar-refractivity contribution < 1.29 is 10.0 Å². The number of pyridine rings is 1. The summed E-state index contributed by atoms with van der Waals surface area (Å²) in [5, 5.41) is 31.7. The third kappa shape index (κ3) is 3.50. The number of anilines is 1. The monoisotopic (exact) mass is 392 g/mol. The fourth-order valence-corrected chi connectivity index (χ4v) is 3.89. The van der Waals surface area contributed by atoms with Crippen LogP contribution in [0, 0.1) is 27.4 Å². The Balaban J connectivity index is 1.55. The molecule has 0 saturated carbocycles. The number of nitrogens with zero attached hydrogens (tertiary/aromatic N) is 6. The number of nitriles is 1. The highest BCUT2D eigenvalue weighted by molar-refractivity contribution is 5.88. The summed E-state index contributed by atoms with van der Waals surface area (Å²) in [6, 6.07) is 8.18. The Kier molecular flexibility index (Phi) is 4.86. The van der Waals surface area contributed by atoms with Gasteiger partial charge in [0.2, 0.25) is 0 Å². The number of hydrogen-bond donors (Lipinski definition) is 1. The van der Waals surface area contributed by atoms with Crippen molar-refractivity contribution in [3.05, 3.63) is 58.2 Å². The second-order valence-corrected chi connectivity index (χ2v) is 7.26. The zero-order valence-corrected chi connectivity index (χ0v) is 15.9. The Bertz CT molecular complexity index is 1110. The molecular weight excluding hydrogens is 372 g/mol. The number of aryl methyl sites for hydroxylation is 1. The highest BCUT2D eigenvalue weighted by Crippen LogP contribution is 2.33. The molecule has 1 aliphatic rings. The Labute approximate surface area is 167 Å². The van der Waals surface area contributed by atoms with Crippen molar-refractivity contribution in [3.63, 3.8) is 0 Å². The molecule has 0 spiro atoms. The minimum absolute atomic E-state index is 0.0624. The van der Waals surface area contributed by atoms with Gasteiger partial charge in [-0.1, -0.05) is 0 Å².